The molecule has 2 rings (SSSR count). The summed E-state index contributed by atoms with van der Waals surface area (Å²) in [7, 11) is 0. The van der Waals surface area contributed by atoms with Gasteiger partial charge in [0.1, 0.15) is 11.6 Å². The first kappa shape index (κ1) is 12.8. The van der Waals surface area contributed by atoms with Gasteiger partial charge in [0.2, 0.25) is 5.95 Å². The molecular weight excluding hydrogens is 232 g/mol. The van der Waals surface area contributed by atoms with E-state index in [9.17, 15) is 0 Å². The number of nitrogen functional groups attached to an aromatic ring is 2. The minimum absolute atomic E-state index is 0.201. The molecule has 7 nitrogen and oxygen atoms in total. The van der Waals surface area contributed by atoms with Crippen molar-refractivity contribution in [2.24, 2.45) is 11.8 Å². The summed E-state index contributed by atoms with van der Waals surface area (Å²) in [5.41, 5.74) is 8.08. The molecule has 0 radical (unpaired) electrons. The number of anilines is 3. The van der Waals surface area contributed by atoms with Gasteiger partial charge < -0.3 is 21.2 Å². The van der Waals surface area contributed by atoms with E-state index in [0.29, 0.717) is 23.6 Å². The highest BCUT2D eigenvalue weighted by molar-refractivity contribution is 5.50. The molecule has 0 bridgehead atoms. The van der Waals surface area contributed by atoms with Crippen LogP contribution in [0.4, 0.5) is 17.6 Å². The van der Waals surface area contributed by atoms with Crippen LogP contribution >= 0.6 is 0 Å². The van der Waals surface area contributed by atoms with Gasteiger partial charge in [-0.25, -0.2) is 5.84 Å². The molecule has 1 saturated heterocycles. The normalized spacial score (nSPS) is 18.3. The number of hydrogen-bond donors (Lipinski definition) is 4. The predicted octanol–water partition coefficient (Wildman–Crippen LogP) is 0.571. The van der Waals surface area contributed by atoms with E-state index >= 15 is 0 Å². The van der Waals surface area contributed by atoms with Gasteiger partial charge in [0.15, 0.2) is 0 Å². The zero-order valence-electron chi connectivity index (χ0n) is 10.5. The van der Waals surface area contributed by atoms with Crippen molar-refractivity contribution < 1.29 is 4.74 Å². The summed E-state index contributed by atoms with van der Waals surface area (Å²) in [6.07, 6.45) is 2.13. The molecule has 0 saturated carbocycles. The number of aromatic nitrogens is 2. The molecule has 18 heavy (non-hydrogen) atoms. The second-order valence-electron chi connectivity index (χ2n) is 4.52. The highest BCUT2D eigenvalue weighted by atomic mass is 16.5. The molecule has 0 aromatic carbocycles. The van der Waals surface area contributed by atoms with Gasteiger partial charge in [0.25, 0.3) is 0 Å². The molecule has 0 aliphatic carbocycles. The second-order valence-corrected chi connectivity index (χ2v) is 4.52. The first-order chi connectivity index (χ1) is 8.69. The standard InChI is InChI=1S/C11H20N6O/c1-7(8-2-4-18-5-3-8)14-9-6-10(17-13)16-11(12)15-9/h6-8H,2-5,13H2,1H3,(H4,12,14,15,16,17). The molecule has 1 fully saturated rings. The minimum Gasteiger partial charge on any atom is -0.381 e. The molecule has 1 aliphatic rings. The van der Waals surface area contributed by atoms with Crippen molar-refractivity contribution in [2.75, 3.05) is 29.7 Å². The molecule has 0 amide bonds. The van der Waals surface area contributed by atoms with E-state index in [1.54, 1.807) is 6.07 Å². The topological polar surface area (TPSA) is 111 Å². The summed E-state index contributed by atoms with van der Waals surface area (Å²) < 4.78 is 5.36. The first-order valence-corrected chi connectivity index (χ1v) is 6.14. The van der Waals surface area contributed by atoms with Crippen LogP contribution in [0.2, 0.25) is 0 Å². The van der Waals surface area contributed by atoms with Crippen LogP contribution in [0.3, 0.4) is 0 Å². The third-order valence-electron chi connectivity index (χ3n) is 3.24. The molecule has 1 aromatic rings. The lowest BCUT2D eigenvalue weighted by Gasteiger charge is -2.28. The minimum atomic E-state index is 0.201. The zero-order valence-corrected chi connectivity index (χ0v) is 10.5. The van der Waals surface area contributed by atoms with E-state index < -0.39 is 0 Å². The van der Waals surface area contributed by atoms with Crippen LogP contribution < -0.4 is 22.3 Å². The van der Waals surface area contributed by atoms with Gasteiger partial charge in [-0.05, 0) is 25.7 Å². The summed E-state index contributed by atoms with van der Waals surface area (Å²) in [4.78, 5) is 8.09. The van der Waals surface area contributed by atoms with Gasteiger partial charge in [-0.1, -0.05) is 0 Å². The Morgan fingerprint density at radius 2 is 2.00 bits per heavy atom. The fraction of sp³-hybridized carbons (Fsp3) is 0.636. The Hall–Kier alpha value is -1.60. The van der Waals surface area contributed by atoms with Crippen LogP contribution in [0.15, 0.2) is 6.07 Å². The van der Waals surface area contributed by atoms with E-state index in [1.165, 1.54) is 0 Å². The van der Waals surface area contributed by atoms with Crippen LogP contribution in [0, 0.1) is 5.92 Å². The highest BCUT2D eigenvalue weighted by Gasteiger charge is 2.20. The Balaban J connectivity index is 2.01. The first-order valence-electron chi connectivity index (χ1n) is 6.14. The van der Waals surface area contributed by atoms with Gasteiger partial charge in [-0.15, -0.1) is 0 Å². The zero-order chi connectivity index (χ0) is 13.0. The number of hydrogen-bond acceptors (Lipinski definition) is 7. The van der Waals surface area contributed by atoms with Gasteiger partial charge in [0, 0.05) is 25.3 Å². The van der Waals surface area contributed by atoms with Crippen LogP contribution in [0.5, 0.6) is 0 Å². The van der Waals surface area contributed by atoms with Crippen LogP contribution in [-0.4, -0.2) is 29.2 Å². The van der Waals surface area contributed by atoms with Crippen molar-refractivity contribution >= 4 is 17.6 Å². The van der Waals surface area contributed by atoms with Crippen LogP contribution in [0.25, 0.3) is 0 Å². The van der Waals surface area contributed by atoms with Crippen molar-refractivity contribution in [1.82, 2.24) is 9.97 Å². The number of rotatable bonds is 4. The SMILES string of the molecule is CC(Nc1cc(NN)nc(N)n1)C1CCOCC1. The third kappa shape index (κ3) is 3.21. The monoisotopic (exact) mass is 252 g/mol. The van der Waals surface area contributed by atoms with Gasteiger partial charge >= 0.3 is 0 Å². The number of nitrogens with zero attached hydrogens (tertiary/aromatic N) is 2. The van der Waals surface area contributed by atoms with Crippen molar-refractivity contribution in [1.29, 1.82) is 0 Å². The Morgan fingerprint density at radius 1 is 1.33 bits per heavy atom. The smallest absolute Gasteiger partial charge is 0.223 e. The fourth-order valence-corrected chi connectivity index (χ4v) is 2.18. The Labute approximate surface area is 106 Å². The van der Waals surface area contributed by atoms with E-state index in [-0.39, 0.29) is 5.95 Å². The molecule has 1 atom stereocenters. The van der Waals surface area contributed by atoms with Crippen LogP contribution in [-0.2, 0) is 4.74 Å². The Bertz CT molecular complexity index is 393. The van der Waals surface area contributed by atoms with Crippen molar-refractivity contribution in [3.05, 3.63) is 6.07 Å². The average molecular weight is 252 g/mol. The number of nitrogens with two attached hydrogens (primary N) is 2. The third-order valence-corrected chi connectivity index (χ3v) is 3.24. The molecular formula is C11H20N6O. The summed E-state index contributed by atoms with van der Waals surface area (Å²) >= 11 is 0. The number of nitrogens with one attached hydrogen (secondary N) is 2. The van der Waals surface area contributed by atoms with Crippen molar-refractivity contribution in [3.63, 3.8) is 0 Å². The molecule has 7 heteroatoms. The van der Waals surface area contributed by atoms with Crippen molar-refractivity contribution in [2.45, 2.75) is 25.8 Å². The molecule has 1 aliphatic heterocycles. The Morgan fingerprint density at radius 3 is 2.67 bits per heavy atom. The molecule has 100 valence electrons. The maximum absolute atomic E-state index is 5.61. The van der Waals surface area contributed by atoms with E-state index in [1.807, 2.05) is 0 Å². The highest BCUT2D eigenvalue weighted by Crippen LogP contribution is 2.22. The summed E-state index contributed by atoms with van der Waals surface area (Å²) in [6.45, 7) is 3.81. The maximum Gasteiger partial charge on any atom is 0.223 e. The molecule has 1 unspecified atom stereocenters. The Kier molecular flexibility index (Phi) is 4.16. The van der Waals surface area contributed by atoms with E-state index in [4.69, 9.17) is 16.3 Å². The lowest BCUT2D eigenvalue weighted by Crippen LogP contribution is -2.31. The van der Waals surface area contributed by atoms with E-state index in [0.717, 1.165) is 26.1 Å². The van der Waals surface area contributed by atoms with Gasteiger partial charge in [-0.2, -0.15) is 9.97 Å². The van der Waals surface area contributed by atoms with E-state index in [2.05, 4.69) is 27.6 Å². The molecule has 6 N–H and O–H groups in total. The van der Waals surface area contributed by atoms with Gasteiger partial charge in [-0.3, -0.25) is 0 Å². The molecule has 0 spiro atoms. The summed E-state index contributed by atoms with van der Waals surface area (Å²) in [5.74, 6) is 7.30. The second kappa shape index (κ2) is 5.83. The molecule has 1 aromatic heterocycles. The van der Waals surface area contributed by atoms with Crippen molar-refractivity contribution in [3.8, 4) is 0 Å². The predicted molar refractivity (Wildman–Crippen MR) is 70.9 cm³/mol. The maximum atomic E-state index is 5.61. The number of ether oxygens (including phenoxy) is 1. The molecule has 2 heterocycles. The summed E-state index contributed by atoms with van der Waals surface area (Å²) in [6, 6.07) is 2.06. The summed E-state index contributed by atoms with van der Waals surface area (Å²) in [5, 5.41) is 3.34. The lowest BCUT2D eigenvalue weighted by atomic mass is 9.93. The number of hydrazine groups is 1. The fourth-order valence-electron chi connectivity index (χ4n) is 2.18. The van der Waals surface area contributed by atoms with Gasteiger partial charge in [0.05, 0.1) is 0 Å². The lowest BCUT2D eigenvalue weighted by molar-refractivity contribution is 0.0622. The van der Waals surface area contributed by atoms with Crippen LogP contribution in [0.1, 0.15) is 19.8 Å². The quantitative estimate of drug-likeness (QED) is 0.458. The average Bonchev–Trinajstić information content (AvgIpc) is 2.39. The largest absolute Gasteiger partial charge is 0.381 e.